The van der Waals surface area contributed by atoms with Crippen molar-refractivity contribution < 1.29 is 4.74 Å². The number of aryl methyl sites for hydroxylation is 1. The van der Waals surface area contributed by atoms with Crippen molar-refractivity contribution in [2.45, 2.75) is 52.6 Å². The average Bonchev–Trinajstić information content (AvgIpc) is 2.35. The minimum absolute atomic E-state index is 0.425. The van der Waals surface area contributed by atoms with E-state index in [1.807, 2.05) is 0 Å². The summed E-state index contributed by atoms with van der Waals surface area (Å²) in [6, 6.07) is 8.57. The Morgan fingerprint density at radius 2 is 1.76 bits per heavy atom. The van der Waals surface area contributed by atoms with Crippen LogP contribution < -0.4 is 4.74 Å². The van der Waals surface area contributed by atoms with E-state index < -0.39 is 0 Å². The van der Waals surface area contributed by atoms with Gasteiger partial charge in [0.2, 0.25) is 0 Å². The van der Waals surface area contributed by atoms with Gasteiger partial charge in [0.05, 0.1) is 6.10 Å². The SMILES string of the molecule is CCc1ccc(OC2CCC(C)C(C)C2)cc1. The maximum absolute atomic E-state index is 6.07. The van der Waals surface area contributed by atoms with E-state index in [2.05, 4.69) is 45.0 Å². The molecule has 2 rings (SSSR count). The molecule has 0 aromatic heterocycles. The van der Waals surface area contributed by atoms with Crippen molar-refractivity contribution in [3.63, 3.8) is 0 Å². The summed E-state index contributed by atoms with van der Waals surface area (Å²) in [5, 5.41) is 0. The van der Waals surface area contributed by atoms with Crippen LogP contribution in [0.25, 0.3) is 0 Å². The second-order valence-corrected chi connectivity index (χ2v) is 5.50. The molecule has 1 aromatic rings. The molecule has 1 nitrogen and oxygen atoms in total. The highest BCUT2D eigenvalue weighted by Crippen LogP contribution is 2.31. The molecule has 0 amide bonds. The maximum atomic E-state index is 6.07. The molecule has 0 radical (unpaired) electrons. The molecule has 1 aliphatic rings. The molecule has 1 aromatic carbocycles. The molecule has 1 saturated carbocycles. The molecule has 1 aliphatic carbocycles. The molecule has 0 spiro atoms. The van der Waals surface area contributed by atoms with E-state index in [0.717, 1.165) is 24.0 Å². The second-order valence-electron chi connectivity index (χ2n) is 5.50. The Bertz CT molecular complexity index is 341. The lowest BCUT2D eigenvalue weighted by Crippen LogP contribution is -2.28. The third-order valence-electron chi connectivity index (χ3n) is 4.18. The average molecular weight is 232 g/mol. The van der Waals surface area contributed by atoms with Crippen LogP contribution in [0, 0.1) is 11.8 Å². The molecule has 94 valence electrons. The van der Waals surface area contributed by atoms with E-state index in [0.29, 0.717) is 6.10 Å². The highest BCUT2D eigenvalue weighted by molar-refractivity contribution is 5.27. The van der Waals surface area contributed by atoms with Crippen molar-refractivity contribution in [2.24, 2.45) is 11.8 Å². The highest BCUT2D eigenvalue weighted by Gasteiger charge is 2.25. The van der Waals surface area contributed by atoms with Crippen molar-refractivity contribution in [1.82, 2.24) is 0 Å². The Kier molecular flexibility index (Phi) is 4.09. The van der Waals surface area contributed by atoms with Crippen LogP contribution in [0.1, 0.15) is 45.6 Å². The fraction of sp³-hybridized carbons (Fsp3) is 0.625. The fourth-order valence-electron chi connectivity index (χ4n) is 2.60. The third kappa shape index (κ3) is 3.24. The predicted molar refractivity (Wildman–Crippen MR) is 72.4 cm³/mol. The van der Waals surface area contributed by atoms with E-state index in [-0.39, 0.29) is 0 Å². The van der Waals surface area contributed by atoms with Gasteiger partial charge in [-0.3, -0.25) is 0 Å². The van der Waals surface area contributed by atoms with E-state index in [1.165, 1.54) is 24.8 Å². The Morgan fingerprint density at radius 1 is 1.06 bits per heavy atom. The molecule has 17 heavy (non-hydrogen) atoms. The smallest absolute Gasteiger partial charge is 0.119 e. The molecule has 0 saturated heterocycles. The lowest BCUT2D eigenvalue weighted by atomic mass is 9.80. The fourth-order valence-corrected chi connectivity index (χ4v) is 2.60. The number of hydrogen-bond acceptors (Lipinski definition) is 1. The van der Waals surface area contributed by atoms with Gasteiger partial charge in [-0.1, -0.05) is 32.9 Å². The minimum atomic E-state index is 0.425. The van der Waals surface area contributed by atoms with Crippen LogP contribution in [0.4, 0.5) is 0 Å². The van der Waals surface area contributed by atoms with E-state index in [1.54, 1.807) is 0 Å². The summed E-state index contributed by atoms with van der Waals surface area (Å²) in [7, 11) is 0. The summed E-state index contributed by atoms with van der Waals surface area (Å²) < 4.78 is 6.07. The van der Waals surface area contributed by atoms with Crippen LogP contribution in [0.5, 0.6) is 5.75 Å². The molecule has 0 N–H and O–H groups in total. The van der Waals surface area contributed by atoms with E-state index >= 15 is 0 Å². The Hall–Kier alpha value is -0.980. The van der Waals surface area contributed by atoms with E-state index in [9.17, 15) is 0 Å². The highest BCUT2D eigenvalue weighted by atomic mass is 16.5. The Labute approximate surface area is 105 Å². The van der Waals surface area contributed by atoms with Crippen LogP contribution in [0.3, 0.4) is 0 Å². The maximum Gasteiger partial charge on any atom is 0.119 e. The van der Waals surface area contributed by atoms with Crippen molar-refractivity contribution in [3.05, 3.63) is 29.8 Å². The van der Waals surface area contributed by atoms with Gasteiger partial charge in [0.25, 0.3) is 0 Å². The first-order valence-corrected chi connectivity index (χ1v) is 6.94. The van der Waals surface area contributed by atoms with Crippen LogP contribution in [-0.2, 0) is 6.42 Å². The molecule has 0 aliphatic heterocycles. The monoisotopic (exact) mass is 232 g/mol. The van der Waals surface area contributed by atoms with Gasteiger partial charge in [0.1, 0.15) is 5.75 Å². The third-order valence-corrected chi connectivity index (χ3v) is 4.18. The van der Waals surface area contributed by atoms with Gasteiger partial charge < -0.3 is 4.74 Å². The zero-order valence-corrected chi connectivity index (χ0v) is 11.3. The summed E-state index contributed by atoms with van der Waals surface area (Å²) in [4.78, 5) is 0. The lowest BCUT2D eigenvalue weighted by molar-refractivity contribution is 0.101. The predicted octanol–water partition coefficient (Wildman–Crippen LogP) is 4.45. The van der Waals surface area contributed by atoms with Crippen molar-refractivity contribution >= 4 is 0 Å². The summed E-state index contributed by atoms with van der Waals surface area (Å²) in [6.07, 6.45) is 5.24. The standard InChI is InChI=1S/C16H24O/c1-4-14-6-9-15(10-7-14)17-16-8-5-12(2)13(3)11-16/h6-7,9-10,12-13,16H,4-5,8,11H2,1-3H3. The zero-order valence-electron chi connectivity index (χ0n) is 11.3. The van der Waals surface area contributed by atoms with Gasteiger partial charge in [0.15, 0.2) is 0 Å². The van der Waals surface area contributed by atoms with Gasteiger partial charge in [0, 0.05) is 0 Å². The van der Waals surface area contributed by atoms with E-state index in [4.69, 9.17) is 4.74 Å². The van der Waals surface area contributed by atoms with Crippen LogP contribution in [-0.4, -0.2) is 6.10 Å². The molecular weight excluding hydrogens is 208 g/mol. The molecular formula is C16H24O. The number of benzene rings is 1. The molecule has 3 unspecified atom stereocenters. The molecule has 1 fully saturated rings. The summed E-state index contributed by atoms with van der Waals surface area (Å²) in [5.41, 5.74) is 1.38. The number of ether oxygens (including phenoxy) is 1. The quantitative estimate of drug-likeness (QED) is 0.748. The van der Waals surface area contributed by atoms with Gasteiger partial charge >= 0.3 is 0 Å². The van der Waals surface area contributed by atoms with Gasteiger partial charge in [-0.25, -0.2) is 0 Å². The first kappa shape index (κ1) is 12.5. The Morgan fingerprint density at radius 3 is 2.35 bits per heavy atom. The summed E-state index contributed by atoms with van der Waals surface area (Å²) >= 11 is 0. The minimum Gasteiger partial charge on any atom is -0.490 e. The number of hydrogen-bond donors (Lipinski definition) is 0. The van der Waals surface area contributed by atoms with Crippen molar-refractivity contribution in [2.75, 3.05) is 0 Å². The molecule has 0 heterocycles. The van der Waals surface area contributed by atoms with Crippen molar-refractivity contribution in [3.8, 4) is 5.75 Å². The largest absolute Gasteiger partial charge is 0.490 e. The Balaban J connectivity index is 1.92. The normalized spacial score (nSPS) is 29.0. The lowest BCUT2D eigenvalue weighted by Gasteiger charge is -2.32. The summed E-state index contributed by atoms with van der Waals surface area (Å²) in [5.74, 6) is 2.69. The van der Waals surface area contributed by atoms with Gasteiger partial charge in [-0.05, 0) is 55.2 Å². The first-order valence-electron chi connectivity index (χ1n) is 6.94. The molecule has 0 bridgehead atoms. The van der Waals surface area contributed by atoms with Gasteiger partial charge in [-0.2, -0.15) is 0 Å². The first-order chi connectivity index (χ1) is 8.19. The summed E-state index contributed by atoms with van der Waals surface area (Å²) in [6.45, 7) is 6.89. The topological polar surface area (TPSA) is 9.23 Å². The zero-order chi connectivity index (χ0) is 12.3. The van der Waals surface area contributed by atoms with Gasteiger partial charge in [-0.15, -0.1) is 0 Å². The van der Waals surface area contributed by atoms with Crippen molar-refractivity contribution in [1.29, 1.82) is 0 Å². The molecule has 1 heteroatoms. The molecule has 3 atom stereocenters. The van der Waals surface area contributed by atoms with Crippen LogP contribution in [0.2, 0.25) is 0 Å². The van der Waals surface area contributed by atoms with Crippen LogP contribution in [0.15, 0.2) is 24.3 Å². The second kappa shape index (κ2) is 5.57. The number of rotatable bonds is 3. The van der Waals surface area contributed by atoms with Crippen LogP contribution >= 0.6 is 0 Å².